The number of benzene rings is 1. The summed E-state index contributed by atoms with van der Waals surface area (Å²) >= 11 is 3.92. The average molecular weight is 267 g/mol. The number of hydrogen-bond acceptors (Lipinski definition) is 3. The summed E-state index contributed by atoms with van der Waals surface area (Å²) in [5, 5.41) is 4.49. The van der Waals surface area contributed by atoms with E-state index < -0.39 is 0 Å². The molecule has 0 spiro atoms. The van der Waals surface area contributed by atoms with Gasteiger partial charge in [0.15, 0.2) is 0 Å². The minimum Gasteiger partial charge on any atom is -0.309 e. The summed E-state index contributed by atoms with van der Waals surface area (Å²) in [5.74, 6) is 1.35. The maximum Gasteiger partial charge on any atom is 0.0292 e. The summed E-state index contributed by atoms with van der Waals surface area (Å²) in [6.45, 7) is 3.41. The number of nitrogens with one attached hydrogen (secondary N) is 1. The zero-order valence-electron chi connectivity index (χ0n) is 10.6. The molecule has 2 unspecified atom stereocenters. The summed E-state index contributed by atoms with van der Waals surface area (Å²) in [7, 11) is 0. The first-order valence-electron chi connectivity index (χ1n) is 6.28. The summed E-state index contributed by atoms with van der Waals surface area (Å²) in [5.41, 5.74) is 1.39. The molecule has 3 heteroatoms. The van der Waals surface area contributed by atoms with E-state index in [0.717, 1.165) is 11.8 Å². The van der Waals surface area contributed by atoms with Crippen molar-refractivity contribution in [2.75, 3.05) is 18.6 Å². The molecule has 1 fully saturated rings. The highest BCUT2D eigenvalue weighted by atomic mass is 32.2. The normalized spacial score (nSPS) is 21.6. The Hall–Kier alpha value is -0.120. The van der Waals surface area contributed by atoms with Gasteiger partial charge in [0.2, 0.25) is 0 Å². The van der Waals surface area contributed by atoms with Crippen molar-refractivity contribution in [2.24, 2.45) is 0 Å². The van der Waals surface area contributed by atoms with Gasteiger partial charge >= 0.3 is 0 Å². The van der Waals surface area contributed by atoms with Crippen LogP contribution in [0.1, 0.15) is 31.4 Å². The molecule has 0 radical (unpaired) electrons. The van der Waals surface area contributed by atoms with Crippen LogP contribution < -0.4 is 5.32 Å². The molecule has 1 N–H and O–H groups in total. The van der Waals surface area contributed by atoms with E-state index in [2.05, 4.69) is 54.5 Å². The number of hydrogen-bond donors (Lipinski definition) is 1. The lowest BCUT2D eigenvalue weighted by Gasteiger charge is -2.17. The molecule has 2 atom stereocenters. The smallest absolute Gasteiger partial charge is 0.0292 e. The zero-order valence-corrected chi connectivity index (χ0v) is 12.2. The van der Waals surface area contributed by atoms with Crippen LogP contribution >= 0.6 is 23.5 Å². The summed E-state index contributed by atoms with van der Waals surface area (Å²) in [6, 6.07) is 9.37. The fraction of sp³-hybridized carbons (Fsp3) is 0.571. The Labute approximate surface area is 113 Å². The van der Waals surface area contributed by atoms with Crippen molar-refractivity contribution >= 4 is 23.5 Å². The van der Waals surface area contributed by atoms with Crippen molar-refractivity contribution in [1.29, 1.82) is 0 Å². The van der Waals surface area contributed by atoms with Crippen molar-refractivity contribution < 1.29 is 0 Å². The van der Waals surface area contributed by atoms with E-state index in [1.165, 1.54) is 29.1 Å². The van der Waals surface area contributed by atoms with Gasteiger partial charge in [0.25, 0.3) is 0 Å². The highest BCUT2D eigenvalue weighted by molar-refractivity contribution is 8.00. The Morgan fingerprint density at radius 2 is 2.18 bits per heavy atom. The Bertz CT molecular complexity index is 331. The quantitative estimate of drug-likeness (QED) is 0.811. The summed E-state index contributed by atoms with van der Waals surface area (Å²) in [4.78, 5) is 1.34. The van der Waals surface area contributed by atoms with Crippen LogP contribution in [0.5, 0.6) is 0 Å². The van der Waals surface area contributed by atoms with E-state index in [-0.39, 0.29) is 0 Å². The van der Waals surface area contributed by atoms with Crippen LogP contribution in [0.2, 0.25) is 0 Å². The van der Waals surface area contributed by atoms with Gasteiger partial charge in [-0.3, -0.25) is 0 Å². The van der Waals surface area contributed by atoms with E-state index >= 15 is 0 Å². The van der Waals surface area contributed by atoms with Crippen LogP contribution in [-0.2, 0) is 0 Å². The lowest BCUT2D eigenvalue weighted by molar-refractivity contribution is 0.559. The van der Waals surface area contributed by atoms with E-state index in [4.69, 9.17) is 0 Å². The van der Waals surface area contributed by atoms with Gasteiger partial charge in [-0.15, -0.1) is 11.8 Å². The van der Waals surface area contributed by atoms with Gasteiger partial charge < -0.3 is 5.32 Å². The second kappa shape index (κ2) is 6.72. The van der Waals surface area contributed by atoms with Gasteiger partial charge in [-0.1, -0.05) is 12.1 Å². The van der Waals surface area contributed by atoms with Crippen LogP contribution in [0.15, 0.2) is 29.2 Å². The lowest BCUT2D eigenvalue weighted by Crippen LogP contribution is -2.26. The van der Waals surface area contributed by atoms with Crippen LogP contribution in [0.3, 0.4) is 0 Å². The predicted molar refractivity (Wildman–Crippen MR) is 80.1 cm³/mol. The zero-order chi connectivity index (χ0) is 12.1. The molecular weight excluding hydrogens is 246 g/mol. The van der Waals surface area contributed by atoms with Gasteiger partial charge in [0.05, 0.1) is 0 Å². The summed E-state index contributed by atoms with van der Waals surface area (Å²) < 4.78 is 0. The maximum absolute atomic E-state index is 3.65. The Kier molecular flexibility index (Phi) is 5.26. The highest BCUT2D eigenvalue weighted by Gasteiger charge is 2.16. The lowest BCUT2D eigenvalue weighted by atomic mass is 10.1. The fourth-order valence-corrected chi connectivity index (χ4v) is 3.75. The molecule has 0 aliphatic carbocycles. The molecule has 0 bridgehead atoms. The molecule has 1 saturated heterocycles. The molecule has 1 aromatic rings. The first-order valence-corrected chi connectivity index (χ1v) is 8.56. The Morgan fingerprint density at radius 3 is 2.76 bits per heavy atom. The van der Waals surface area contributed by atoms with Gasteiger partial charge in [-0.05, 0) is 49.5 Å². The third-order valence-corrected chi connectivity index (χ3v) is 5.43. The third kappa shape index (κ3) is 3.94. The third-order valence-electron chi connectivity index (χ3n) is 3.29. The number of rotatable bonds is 5. The van der Waals surface area contributed by atoms with E-state index in [1.807, 2.05) is 0 Å². The second-order valence-corrected chi connectivity index (χ2v) is 6.83. The standard InChI is InChI=1S/C14H21NS2/c1-11(15-10-14-4-3-9-17-14)12-5-7-13(16-2)8-6-12/h5-8,11,14-15H,3-4,9-10H2,1-2H3. The van der Waals surface area contributed by atoms with Crippen molar-refractivity contribution in [3.63, 3.8) is 0 Å². The van der Waals surface area contributed by atoms with Crippen LogP contribution in [0.25, 0.3) is 0 Å². The predicted octanol–water partition coefficient (Wildman–Crippen LogP) is 3.95. The monoisotopic (exact) mass is 267 g/mol. The molecule has 1 nitrogen and oxygen atoms in total. The van der Waals surface area contributed by atoms with Crippen molar-refractivity contribution in [2.45, 2.75) is 36.0 Å². The molecule has 94 valence electrons. The van der Waals surface area contributed by atoms with Gasteiger partial charge in [0, 0.05) is 22.7 Å². The van der Waals surface area contributed by atoms with Crippen LogP contribution in [0.4, 0.5) is 0 Å². The maximum atomic E-state index is 3.65. The minimum atomic E-state index is 0.465. The van der Waals surface area contributed by atoms with Crippen molar-refractivity contribution in [1.82, 2.24) is 5.32 Å². The molecule has 1 heterocycles. The van der Waals surface area contributed by atoms with E-state index in [0.29, 0.717) is 6.04 Å². The van der Waals surface area contributed by atoms with Gasteiger partial charge in [-0.2, -0.15) is 11.8 Å². The Balaban J connectivity index is 1.83. The highest BCUT2D eigenvalue weighted by Crippen LogP contribution is 2.26. The van der Waals surface area contributed by atoms with E-state index in [1.54, 1.807) is 11.8 Å². The largest absolute Gasteiger partial charge is 0.309 e. The van der Waals surface area contributed by atoms with Crippen molar-refractivity contribution in [3.05, 3.63) is 29.8 Å². The molecule has 0 saturated carbocycles. The molecule has 0 aromatic heterocycles. The molecule has 17 heavy (non-hydrogen) atoms. The van der Waals surface area contributed by atoms with Gasteiger partial charge in [-0.25, -0.2) is 0 Å². The molecule has 0 amide bonds. The fourth-order valence-electron chi connectivity index (χ4n) is 2.12. The molecular formula is C14H21NS2. The first-order chi connectivity index (χ1) is 8.29. The van der Waals surface area contributed by atoms with Gasteiger partial charge in [0.1, 0.15) is 0 Å². The van der Waals surface area contributed by atoms with Crippen LogP contribution in [0, 0.1) is 0 Å². The minimum absolute atomic E-state index is 0.465. The number of thioether (sulfide) groups is 2. The summed E-state index contributed by atoms with van der Waals surface area (Å²) in [6.07, 6.45) is 4.90. The SMILES string of the molecule is CSc1ccc(C(C)NCC2CCCS2)cc1. The molecule has 1 aliphatic heterocycles. The molecule has 1 aromatic carbocycles. The molecule has 1 aliphatic rings. The molecule has 2 rings (SSSR count). The average Bonchev–Trinajstić information content (AvgIpc) is 2.89. The van der Waals surface area contributed by atoms with E-state index in [9.17, 15) is 0 Å². The second-order valence-electron chi connectivity index (χ2n) is 4.54. The first kappa shape index (κ1) is 13.3. The van der Waals surface area contributed by atoms with Crippen molar-refractivity contribution in [3.8, 4) is 0 Å². The van der Waals surface area contributed by atoms with Crippen LogP contribution in [-0.4, -0.2) is 23.8 Å². The topological polar surface area (TPSA) is 12.0 Å². The Morgan fingerprint density at radius 1 is 1.41 bits per heavy atom.